The second-order valence-electron chi connectivity index (χ2n) is 5.31. The molecule has 0 aromatic heterocycles. The first-order valence-electron chi connectivity index (χ1n) is 6.17. The molecular weight excluding hydrogens is 214 g/mol. The van der Waals surface area contributed by atoms with Crippen molar-refractivity contribution in [2.24, 2.45) is 0 Å². The standard InChI is InChI=1S/C14H21NO2/c1-10-3-4-11-5-6-13(12(11)7-10)15-14(2,8-16)9-17/h3-4,7,13,15-17H,5-6,8-9H2,1-2H3. The maximum atomic E-state index is 9.33. The summed E-state index contributed by atoms with van der Waals surface area (Å²) in [4.78, 5) is 0. The Bertz CT molecular complexity index is 399. The van der Waals surface area contributed by atoms with Crippen molar-refractivity contribution in [2.45, 2.75) is 38.3 Å². The Kier molecular flexibility index (Phi) is 3.52. The number of aliphatic hydroxyl groups is 2. The van der Waals surface area contributed by atoms with Gasteiger partial charge in [0.25, 0.3) is 0 Å². The molecule has 0 radical (unpaired) electrons. The highest BCUT2D eigenvalue weighted by Gasteiger charge is 2.30. The van der Waals surface area contributed by atoms with E-state index in [0.717, 1.165) is 12.8 Å². The molecule has 3 heteroatoms. The summed E-state index contributed by atoms with van der Waals surface area (Å²) in [6, 6.07) is 6.77. The highest BCUT2D eigenvalue weighted by Crippen LogP contribution is 2.33. The van der Waals surface area contributed by atoms with Crippen LogP contribution in [-0.2, 0) is 6.42 Å². The number of hydrogen-bond acceptors (Lipinski definition) is 3. The third-order valence-electron chi connectivity index (χ3n) is 3.60. The van der Waals surface area contributed by atoms with Crippen LogP contribution in [0.3, 0.4) is 0 Å². The number of nitrogens with one attached hydrogen (secondary N) is 1. The molecule has 0 bridgehead atoms. The molecule has 1 aromatic rings. The molecule has 3 nitrogen and oxygen atoms in total. The van der Waals surface area contributed by atoms with E-state index in [1.54, 1.807) is 0 Å². The third kappa shape index (κ3) is 2.51. The predicted molar refractivity (Wildman–Crippen MR) is 68.0 cm³/mol. The zero-order chi connectivity index (χ0) is 12.5. The maximum absolute atomic E-state index is 9.33. The van der Waals surface area contributed by atoms with Crippen LogP contribution >= 0.6 is 0 Å². The van der Waals surface area contributed by atoms with Crippen molar-refractivity contribution in [3.8, 4) is 0 Å². The Balaban J connectivity index is 2.19. The van der Waals surface area contributed by atoms with Gasteiger partial charge in [0.15, 0.2) is 0 Å². The zero-order valence-electron chi connectivity index (χ0n) is 10.5. The van der Waals surface area contributed by atoms with Crippen LogP contribution in [0.2, 0.25) is 0 Å². The summed E-state index contributed by atoms with van der Waals surface area (Å²) in [6.07, 6.45) is 2.11. The van der Waals surface area contributed by atoms with Gasteiger partial charge < -0.3 is 15.5 Å². The number of aryl methyl sites for hydroxylation is 2. The molecule has 17 heavy (non-hydrogen) atoms. The molecule has 94 valence electrons. The van der Waals surface area contributed by atoms with Gasteiger partial charge in [0.05, 0.1) is 18.8 Å². The van der Waals surface area contributed by atoms with Gasteiger partial charge in [-0.05, 0) is 37.8 Å². The molecule has 3 N–H and O–H groups in total. The van der Waals surface area contributed by atoms with Crippen LogP contribution in [0.15, 0.2) is 18.2 Å². The van der Waals surface area contributed by atoms with Crippen LogP contribution in [0.25, 0.3) is 0 Å². The summed E-state index contributed by atoms with van der Waals surface area (Å²) >= 11 is 0. The minimum atomic E-state index is -0.601. The molecule has 1 unspecified atom stereocenters. The fraction of sp³-hybridized carbons (Fsp3) is 0.571. The van der Waals surface area contributed by atoms with Crippen molar-refractivity contribution in [3.05, 3.63) is 34.9 Å². The molecule has 1 aromatic carbocycles. The van der Waals surface area contributed by atoms with E-state index in [1.165, 1.54) is 16.7 Å². The number of benzene rings is 1. The monoisotopic (exact) mass is 235 g/mol. The predicted octanol–water partition coefficient (Wildman–Crippen LogP) is 1.32. The van der Waals surface area contributed by atoms with E-state index < -0.39 is 5.54 Å². The highest BCUT2D eigenvalue weighted by molar-refractivity contribution is 5.37. The van der Waals surface area contributed by atoms with E-state index in [0.29, 0.717) is 0 Å². The Morgan fingerprint density at radius 3 is 2.71 bits per heavy atom. The second-order valence-corrected chi connectivity index (χ2v) is 5.31. The average Bonchev–Trinajstić information content (AvgIpc) is 2.72. The van der Waals surface area contributed by atoms with Crippen LogP contribution in [0.4, 0.5) is 0 Å². The SMILES string of the molecule is Cc1ccc2c(c1)C(NC(C)(CO)CO)CC2. The summed E-state index contributed by atoms with van der Waals surface area (Å²) in [5.41, 5.74) is 3.35. The van der Waals surface area contributed by atoms with Gasteiger partial charge in [-0.2, -0.15) is 0 Å². The highest BCUT2D eigenvalue weighted by atomic mass is 16.3. The fourth-order valence-corrected chi connectivity index (χ4v) is 2.43. The molecule has 0 aliphatic heterocycles. The second kappa shape index (κ2) is 4.77. The van der Waals surface area contributed by atoms with Crippen LogP contribution in [0.5, 0.6) is 0 Å². The van der Waals surface area contributed by atoms with Crippen LogP contribution < -0.4 is 5.32 Å². The molecule has 0 spiro atoms. The third-order valence-corrected chi connectivity index (χ3v) is 3.60. The maximum Gasteiger partial charge on any atom is 0.0633 e. The lowest BCUT2D eigenvalue weighted by molar-refractivity contribution is 0.0939. The normalized spacial score (nSPS) is 19.4. The summed E-state index contributed by atoms with van der Waals surface area (Å²) in [6.45, 7) is 3.83. The van der Waals surface area contributed by atoms with Crippen LogP contribution in [0, 0.1) is 6.92 Å². The van der Waals surface area contributed by atoms with Crippen LogP contribution in [-0.4, -0.2) is 29.0 Å². The Morgan fingerprint density at radius 1 is 1.35 bits per heavy atom. The molecule has 1 aliphatic carbocycles. The summed E-state index contributed by atoms with van der Waals surface area (Å²) < 4.78 is 0. The van der Waals surface area contributed by atoms with E-state index in [-0.39, 0.29) is 19.3 Å². The first-order chi connectivity index (χ1) is 8.08. The van der Waals surface area contributed by atoms with Crippen molar-refractivity contribution in [1.29, 1.82) is 0 Å². The van der Waals surface area contributed by atoms with Gasteiger partial charge in [-0.15, -0.1) is 0 Å². The lowest BCUT2D eigenvalue weighted by Gasteiger charge is -2.30. The van der Waals surface area contributed by atoms with E-state index in [1.807, 2.05) is 6.92 Å². The average molecular weight is 235 g/mol. The minimum Gasteiger partial charge on any atom is -0.394 e. The van der Waals surface area contributed by atoms with Crippen molar-refractivity contribution in [3.63, 3.8) is 0 Å². The Morgan fingerprint density at radius 2 is 2.06 bits per heavy atom. The van der Waals surface area contributed by atoms with Gasteiger partial charge in [0.2, 0.25) is 0 Å². The summed E-state index contributed by atoms with van der Waals surface area (Å²) in [5.74, 6) is 0. The molecule has 0 amide bonds. The topological polar surface area (TPSA) is 52.5 Å². The van der Waals surface area contributed by atoms with Gasteiger partial charge in [-0.25, -0.2) is 0 Å². The van der Waals surface area contributed by atoms with Gasteiger partial charge in [0.1, 0.15) is 0 Å². The van der Waals surface area contributed by atoms with E-state index in [4.69, 9.17) is 0 Å². The molecule has 0 saturated carbocycles. The van der Waals surface area contributed by atoms with Crippen LogP contribution in [0.1, 0.15) is 36.1 Å². The molecule has 0 fully saturated rings. The fourth-order valence-electron chi connectivity index (χ4n) is 2.43. The van der Waals surface area contributed by atoms with Crippen molar-refractivity contribution in [2.75, 3.05) is 13.2 Å². The minimum absolute atomic E-state index is 0.0544. The number of hydrogen-bond donors (Lipinski definition) is 3. The van der Waals surface area contributed by atoms with E-state index in [2.05, 4.69) is 30.4 Å². The van der Waals surface area contributed by atoms with E-state index in [9.17, 15) is 10.2 Å². The van der Waals surface area contributed by atoms with Gasteiger partial charge in [0, 0.05) is 6.04 Å². The first-order valence-corrected chi connectivity index (χ1v) is 6.17. The van der Waals surface area contributed by atoms with Crippen molar-refractivity contribution < 1.29 is 10.2 Å². The quantitative estimate of drug-likeness (QED) is 0.737. The summed E-state index contributed by atoms with van der Waals surface area (Å²) in [7, 11) is 0. The lowest BCUT2D eigenvalue weighted by atomic mass is 10.00. The molecule has 1 atom stereocenters. The largest absolute Gasteiger partial charge is 0.394 e. The summed E-state index contributed by atoms with van der Waals surface area (Å²) in [5, 5.41) is 22.0. The van der Waals surface area contributed by atoms with E-state index >= 15 is 0 Å². The zero-order valence-corrected chi connectivity index (χ0v) is 10.5. The lowest BCUT2D eigenvalue weighted by Crippen LogP contribution is -2.50. The first kappa shape index (κ1) is 12.6. The van der Waals surface area contributed by atoms with Crippen molar-refractivity contribution in [1.82, 2.24) is 5.32 Å². The number of aliphatic hydroxyl groups excluding tert-OH is 2. The van der Waals surface area contributed by atoms with Crippen molar-refractivity contribution >= 4 is 0 Å². The van der Waals surface area contributed by atoms with Gasteiger partial charge in [-0.3, -0.25) is 0 Å². The van der Waals surface area contributed by atoms with Gasteiger partial charge >= 0.3 is 0 Å². The molecule has 0 saturated heterocycles. The molecule has 1 aliphatic rings. The molecular formula is C14H21NO2. The molecule has 0 heterocycles. The van der Waals surface area contributed by atoms with Gasteiger partial charge in [-0.1, -0.05) is 23.8 Å². The Hall–Kier alpha value is -0.900. The smallest absolute Gasteiger partial charge is 0.0633 e. The molecule has 2 rings (SSSR count). The number of rotatable bonds is 4. The Labute approximate surface area is 102 Å². The number of fused-ring (bicyclic) bond motifs is 1.